The molecule has 1 aliphatic rings. The summed E-state index contributed by atoms with van der Waals surface area (Å²) in [7, 11) is 0. The van der Waals surface area contributed by atoms with Crippen molar-refractivity contribution in [3.05, 3.63) is 0 Å². The van der Waals surface area contributed by atoms with E-state index in [9.17, 15) is 4.79 Å². The number of hydrogen-bond donors (Lipinski definition) is 1. The van der Waals surface area contributed by atoms with Crippen LogP contribution in [0.15, 0.2) is 0 Å². The van der Waals surface area contributed by atoms with Crippen LogP contribution in [-0.4, -0.2) is 24.3 Å². The summed E-state index contributed by atoms with van der Waals surface area (Å²) in [5.74, 6) is -0.176. The molecule has 1 rings (SSSR count). The normalized spacial score (nSPS) is 19.5. The highest BCUT2D eigenvalue weighted by molar-refractivity contribution is 5.68. The van der Waals surface area contributed by atoms with E-state index in [-0.39, 0.29) is 18.0 Å². The summed E-state index contributed by atoms with van der Waals surface area (Å²) >= 11 is 0. The smallest absolute Gasteiger partial charge is 0.305 e. The predicted octanol–water partition coefficient (Wildman–Crippen LogP) is 0.712. The molecule has 0 spiro atoms. The number of carbonyl (C=O) groups excluding carboxylic acids is 1. The summed E-state index contributed by atoms with van der Waals surface area (Å²) < 4.78 is 4.91. The van der Waals surface area contributed by atoms with Crippen molar-refractivity contribution in [3.63, 3.8) is 0 Å². The average molecular weight is 158 g/mol. The topological polar surface area (TPSA) is 46.5 Å². The van der Waals surface area contributed by atoms with E-state index in [1.54, 1.807) is 6.92 Å². The molecule has 0 atom stereocenters. The minimum atomic E-state index is -0.176. The maximum atomic E-state index is 10.7. The van der Waals surface area contributed by atoms with Crippen molar-refractivity contribution in [2.24, 2.45) is 5.41 Å². The van der Waals surface area contributed by atoms with E-state index in [0.29, 0.717) is 13.0 Å². The Morgan fingerprint density at radius 2 is 2.27 bits per heavy atom. The van der Waals surface area contributed by atoms with E-state index in [1.807, 2.05) is 0 Å². The summed E-state index contributed by atoms with van der Waals surface area (Å²) in [6.45, 7) is 2.31. The van der Waals surface area contributed by atoms with Crippen molar-refractivity contribution >= 4 is 5.97 Å². The van der Waals surface area contributed by atoms with Gasteiger partial charge in [0.1, 0.15) is 0 Å². The largest absolute Gasteiger partial charge is 0.465 e. The molecule has 64 valence electrons. The van der Waals surface area contributed by atoms with Crippen molar-refractivity contribution in [1.82, 2.24) is 0 Å². The van der Waals surface area contributed by atoms with Gasteiger partial charge in [-0.2, -0.15) is 0 Å². The number of aliphatic hydroxyl groups excluding tert-OH is 1. The first kappa shape index (κ1) is 8.53. The summed E-state index contributed by atoms with van der Waals surface area (Å²) in [6.07, 6.45) is 2.39. The van der Waals surface area contributed by atoms with E-state index in [2.05, 4.69) is 0 Å². The molecular formula is C8H14O3. The molecule has 1 N–H and O–H groups in total. The van der Waals surface area contributed by atoms with Crippen LogP contribution in [0.4, 0.5) is 0 Å². The van der Waals surface area contributed by atoms with Gasteiger partial charge in [0.2, 0.25) is 0 Å². The molecule has 0 aromatic rings. The van der Waals surface area contributed by atoms with Gasteiger partial charge in [0, 0.05) is 11.8 Å². The first-order valence-electron chi connectivity index (χ1n) is 3.99. The molecule has 0 unspecified atom stereocenters. The SMILES string of the molecule is CCC(=O)OCC1(CO)CC1. The lowest BCUT2D eigenvalue weighted by Crippen LogP contribution is -2.17. The standard InChI is InChI=1S/C8H14O3/c1-2-7(10)11-6-8(5-9)3-4-8/h9H,2-6H2,1H3. The molecule has 3 nitrogen and oxygen atoms in total. The third-order valence-electron chi connectivity index (χ3n) is 2.12. The maximum absolute atomic E-state index is 10.7. The first-order chi connectivity index (χ1) is 5.22. The second kappa shape index (κ2) is 3.22. The molecule has 0 aromatic carbocycles. The lowest BCUT2D eigenvalue weighted by atomic mass is 10.1. The maximum Gasteiger partial charge on any atom is 0.305 e. The number of ether oxygens (including phenoxy) is 1. The van der Waals surface area contributed by atoms with Crippen LogP contribution >= 0.6 is 0 Å². The Morgan fingerprint density at radius 3 is 2.64 bits per heavy atom. The molecule has 0 amide bonds. The van der Waals surface area contributed by atoms with E-state index in [4.69, 9.17) is 9.84 Å². The van der Waals surface area contributed by atoms with Gasteiger partial charge < -0.3 is 9.84 Å². The third kappa shape index (κ3) is 2.19. The molecule has 0 aromatic heterocycles. The van der Waals surface area contributed by atoms with Crippen LogP contribution in [0.25, 0.3) is 0 Å². The van der Waals surface area contributed by atoms with Gasteiger partial charge in [-0.3, -0.25) is 4.79 Å². The van der Waals surface area contributed by atoms with Gasteiger partial charge in [-0.25, -0.2) is 0 Å². The number of carbonyl (C=O) groups is 1. The second-order valence-electron chi connectivity index (χ2n) is 3.17. The van der Waals surface area contributed by atoms with Crippen molar-refractivity contribution in [2.45, 2.75) is 26.2 Å². The summed E-state index contributed by atoms with van der Waals surface area (Å²) in [6, 6.07) is 0. The Labute approximate surface area is 66.4 Å². The number of esters is 1. The van der Waals surface area contributed by atoms with Crippen molar-refractivity contribution in [2.75, 3.05) is 13.2 Å². The van der Waals surface area contributed by atoms with Crippen molar-refractivity contribution < 1.29 is 14.6 Å². The quantitative estimate of drug-likeness (QED) is 0.613. The molecular weight excluding hydrogens is 144 g/mol. The van der Waals surface area contributed by atoms with Crippen LogP contribution in [-0.2, 0) is 9.53 Å². The minimum absolute atomic E-state index is 0.0647. The average Bonchev–Trinajstić information content (AvgIpc) is 2.81. The zero-order valence-electron chi connectivity index (χ0n) is 6.80. The Balaban J connectivity index is 2.16. The van der Waals surface area contributed by atoms with Crippen LogP contribution in [0.1, 0.15) is 26.2 Å². The summed E-state index contributed by atoms with van der Waals surface area (Å²) in [5.41, 5.74) is -0.0647. The van der Waals surface area contributed by atoms with Gasteiger partial charge in [-0.15, -0.1) is 0 Å². The second-order valence-corrected chi connectivity index (χ2v) is 3.17. The van der Waals surface area contributed by atoms with Crippen LogP contribution in [0.2, 0.25) is 0 Å². The van der Waals surface area contributed by atoms with Gasteiger partial charge in [0.15, 0.2) is 0 Å². The molecule has 0 radical (unpaired) electrons. The molecule has 0 bridgehead atoms. The van der Waals surface area contributed by atoms with Crippen molar-refractivity contribution in [1.29, 1.82) is 0 Å². The lowest BCUT2D eigenvalue weighted by Gasteiger charge is -2.10. The van der Waals surface area contributed by atoms with Crippen molar-refractivity contribution in [3.8, 4) is 0 Å². The van der Waals surface area contributed by atoms with Gasteiger partial charge in [-0.05, 0) is 12.8 Å². The fraction of sp³-hybridized carbons (Fsp3) is 0.875. The Bertz CT molecular complexity index is 149. The fourth-order valence-corrected chi connectivity index (χ4v) is 0.861. The summed E-state index contributed by atoms with van der Waals surface area (Å²) in [5, 5.41) is 8.85. The summed E-state index contributed by atoms with van der Waals surface area (Å²) in [4.78, 5) is 10.7. The molecule has 0 heterocycles. The fourth-order valence-electron chi connectivity index (χ4n) is 0.861. The molecule has 0 aliphatic heterocycles. The Kier molecular flexibility index (Phi) is 2.49. The van der Waals surface area contributed by atoms with Crippen LogP contribution in [0.5, 0.6) is 0 Å². The highest BCUT2D eigenvalue weighted by Gasteiger charge is 2.43. The Hall–Kier alpha value is -0.570. The van der Waals surface area contributed by atoms with Gasteiger partial charge in [0.25, 0.3) is 0 Å². The number of aliphatic hydroxyl groups is 1. The van der Waals surface area contributed by atoms with E-state index in [1.165, 1.54) is 0 Å². The number of hydrogen-bond acceptors (Lipinski definition) is 3. The van der Waals surface area contributed by atoms with Gasteiger partial charge in [-0.1, -0.05) is 6.92 Å². The first-order valence-corrected chi connectivity index (χ1v) is 3.99. The van der Waals surface area contributed by atoms with E-state index in [0.717, 1.165) is 12.8 Å². The van der Waals surface area contributed by atoms with Crippen LogP contribution in [0.3, 0.4) is 0 Å². The van der Waals surface area contributed by atoms with Crippen LogP contribution < -0.4 is 0 Å². The molecule has 1 fully saturated rings. The highest BCUT2D eigenvalue weighted by Crippen LogP contribution is 2.45. The molecule has 1 aliphatic carbocycles. The lowest BCUT2D eigenvalue weighted by molar-refractivity contribution is -0.145. The molecule has 11 heavy (non-hydrogen) atoms. The van der Waals surface area contributed by atoms with E-state index < -0.39 is 0 Å². The molecule has 0 saturated heterocycles. The highest BCUT2D eigenvalue weighted by atomic mass is 16.5. The molecule has 1 saturated carbocycles. The zero-order chi connectivity index (χ0) is 8.32. The third-order valence-corrected chi connectivity index (χ3v) is 2.12. The number of rotatable bonds is 4. The zero-order valence-corrected chi connectivity index (χ0v) is 6.80. The van der Waals surface area contributed by atoms with Crippen LogP contribution in [0, 0.1) is 5.41 Å². The minimum Gasteiger partial charge on any atom is -0.465 e. The van der Waals surface area contributed by atoms with Gasteiger partial charge >= 0.3 is 5.97 Å². The monoisotopic (exact) mass is 158 g/mol. The molecule has 3 heteroatoms. The van der Waals surface area contributed by atoms with E-state index >= 15 is 0 Å². The Morgan fingerprint density at radius 1 is 1.64 bits per heavy atom. The predicted molar refractivity (Wildman–Crippen MR) is 40.0 cm³/mol. The van der Waals surface area contributed by atoms with Gasteiger partial charge in [0.05, 0.1) is 13.2 Å².